The average molecular weight is 484 g/mol. The molecule has 2 aromatic carbocycles. The summed E-state index contributed by atoms with van der Waals surface area (Å²) in [7, 11) is 0. The molecule has 0 aliphatic carbocycles. The van der Waals surface area contributed by atoms with E-state index in [4.69, 9.17) is 5.21 Å². The first-order valence-electron chi connectivity index (χ1n) is 11.3. The summed E-state index contributed by atoms with van der Waals surface area (Å²) in [4.78, 5) is 35.9. The predicted molar refractivity (Wildman–Crippen MR) is 129 cm³/mol. The fourth-order valence-electron chi connectivity index (χ4n) is 3.70. The third-order valence-electron chi connectivity index (χ3n) is 5.50. The Bertz CT molecular complexity index is 1260. The molecule has 2 amide bonds. The predicted octanol–water partition coefficient (Wildman–Crippen LogP) is 3.16. The van der Waals surface area contributed by atoms with E-state index >= 15 is 0 Å². The first kappa shape index (κ1) is 25.5. The molecule has 3 rings (SSSR count). The smallest absolute Gasteiger partial charge is 0.348 e. The SMILES string of the molecule is CC(C)c1cc(-c2n[nH]c(=O)n2-c2cccc(NC(=O)CCCCCC(=O)NO)c2)c(O)cc1O. The van der Waals surface area contributed by atoms with Crippen LogP contribution in [0.3, 0.4) is 0 Å². The van der Waals surface area contributed by atoms with Crippen LogP contribution in [0.4, 0.5) is 5.69 Å². The number of aromatic nitrogens is 3. The molecule has 0 aliphatic rings. The Balaban J connectivity index is 1.78. The molecule has 186 valence electrons. The second-order valence-electron chi connectivity index (χ2n) is 8.46. The Hall–Kier alpha value is -4.12. The lowest BCUT2D eigenvalue weighted by atomic mass is 9.98. The fourth-order valence-corrected chi connectivity index (χ4v) is 3.70. The summed E-state index contributed by atoms with van der Waals surface area (Å²) in [6.07, 6.45) is 2.24. The van der Waals surface area contributed by atoms with Gasteiger partial charge in [0.25, 0.3) is 0 Å². The number of carbonyl (C=O) groups is 2. The first-order valence-corrected chi connectivity index (χ1v) is 11.3. The normalized spacial score (nSPS) is 11.0. The second kappa shape index (κ2) is 11.3. The highest BCUT2D eigenvalue weighted by Gasteiger charge is 2.20. The van der Waals surface area contributed by atoms with E-state index in [1.165, 1.54) is 10.6 Å². The number of aromatic amines is 1. The Kier molecular flexibility index (Phi) is 8.26. The summed E-state index contributed by atoms with van der Waals surface area (Å²) in [5.41, 5.74) is 2.80. The van der Waals surface area contributed by atoms with Crippen LogP contribution in [0.25, 0.3) is 17.1 Å². The minimum atomic E-state index is -0.533. The zero-order valence-corrected chi connectivity index (χ0v) is 19.5. The number of aromatic hydroxyl groups is 2. The lowest BCUT2D eigenvalue weighted by Gasteiger charge is -2.13. The van der Waals surface area contributed by atoms with E-state index in [0.717, 1.165) is 0 Å². The first-order chi connectivity index (χ1) is 16.7. The van der Waals surface area contributed by atoms with Gasteiger partial charge in [-0.2, -0.15) is 5.10 Å². The minimum Gasteiger partial charge on any atom is -0.508 e. The zero-order chi connectivity index (χ0) is 25.5. The van der Waals surface area contributed by atoms with Gasteiger partial charge in [0.1, 0.15) is 11.5 Å². The van der Waals surface area contributed by atoms with Gasteiger partial charge in [0.2, 0.25) is 11.8 Å². The van der Waals surface area contributed by atoms with Crippen LogP contribution in [-0.2, 0) is 9.59 Å². The molecule has 0 fully saturated rings. The van der Waals surface area contributed by atoms with Crippen molar-refractivity contribution in [2.45, 2.75) is 51.9 Å². The molecule has 0 bridgehead atoms. The molecule has 0 atom stereocenters. The highest BCUT2D eigenvalue weighted by molar-refractivity contribution is 5.91. The van der Waals surface area contributed by atoms with E-state index in [0.29, 0.717) is 36.2 Å². The van der Waals surface area contributed by atoms with Crippen molar-refractivity contribution in [3.63, 3.8) is 0 Å². The van der Waals surface area contributed by atoms with Gasteiger partial charge in [-0.25, -0.2) is 19.9 Å². The van der Waals surface area contributed by atoms with Gasteiger partial charge in [0.05, 0.1) is 11.3 Å². The van der Waals surface area contributed by atoms with Gasteiger partial charge in [-0.3, -0.25) is 14.8 Å². The number of rotatable bonds is 10. The number of nitrogens with one attached hydrogen (secondary N) is 3. The van der Waals surface area contributed by atoms with Crippen molar-refractivity contribution in [1.29, 1.82) is 0 Å². The highest BCUT2D eigenvalue weighted by Crippen LogP contribution is 2.37. The number of amides is 2. The number of H-pyrrole nitrogens is 1. The summed E-state index contributed by atoms with van der Waals surface area (Å²) < 4.78 is 1.28. The second-order valence-corrected chi connectivity index (χ2v) is 8.46. The van der Waals surface area contributed by atoms with Crippen LogP contribution in [0, 0.1) is 0 Å². The fraction of sp³-hybridized carbons (Fsp3) is 0.333. The summed E-state index contributed by atoms with van der Waals surface area (Å²) in [5, 5.41) is 38.3. The van der Waals surface area contributed by atoms with Gasteiger partial charge in [-0.15, -0.1) is 0 Å². The molecule has 11 heteroatoms. The van der Waals surface area contributed by atoms with Crippen LogP contribution in [0.2, 0.25) is 0 Å². The number of phenolic OH excluding ortho intramolecular Hbond substituents is 2. The Labute approximate surface area is 201 Å². The van der Waals surface area contributed by atoms with Crippen molar-refractivity contribution in [2.24, 2.45) is 0 Å². The van der Waals surface area contributed by atoms with Crippen molar-refractivity contribution >= 4 is 17.5 Å². The quantitative estimate of drug-likeness (QED) is 0.146. The third-order valence-corrected chi connectivity index (χ3v) is 5.50. The maximum atomic E-state index is 12.6. The van der Waals surface area contributed by atoms with Gasteiger partial charge < -0.3 is 15.5 Å². The standard InChI is InChI=1S/C24H29N5O6/c1-14(2)17-12-18(20(31)13-19(17)30)23-26-27-24(34)29(23)16-8-6-7-15(11-16)25-21(32)9-4-3-5-10-22(33)28-35/h6-8,11-14,30-31,35H,3-5,9-10H2,1-2H3,(H,25,32)(H,27,34)(H,28,33). The van der Waals surface area contributed by atoms with E-state index < -0.39 is 11.6 Å². The Morgan fingerprint density at radius 1 is 1.03 bits per heavy atom. The van der Waals surface area contributed by atoms with Gasteiger partial charge in [0.15, 0.2) is 5.82 Å². The van der Waals surface area contributed by atoms with Gasteiger partial charge in [0, 0.05) is 24.6 Å². The average Bonchev–Trinajstić information content (AvgIpc) is 3.19. The summed E-state index contributed by atoms with van der Waals surface area (Å²) in [5.74, 6) is -0.823. The van der Waals surface area contributed by atoms with Crippen LogP contribution < -0.4 is 16.5 Å². The molecule has 0 unspecified atom stereocenters. The van der Waals surface area contributed by atoms with Crippen LogP contribution >= 0.6 is 0 Å². The molecule has 0 saturated heterocycles. The molecule has 3 aromatic rings. The van der Waals surface area contributed by atoms with Crippen LogP contribution in [0.1, 0.15) is 57.4 Å². The summed E-state index contributed by atoms with van der Waals surface area (Å²) in [6, 6.07) is 9.47. The molecule has 0 aliphatic heterocycles. The lowest BCUT2D eigenvalue weighted by molar-refractivity contribution is -0.129. The molecular formula is C24H29N5O6. The van der Waals surface area contributed by atoms with Crippen molar-refractivity contribution in [1.82, 2.24) is 20.2 Å². The van der Waals surface area contributed by atoms with E-state index in [2.05, 4.69) is 15.5 Å². The molecular weight excluding hydrogens is 454 g/mol. The van der Waals surface area contributed by atoms with Crippen LogP contribution in [0.5, 0.6) is 11.5 Å². The van der Waals surface area contributed by atoms with Crippen molar-refractivity contribution < 1.29 is 25.0 Å². The highest BCUT2D eigenvalue weighted by atomic mass is 16.5. The van der Waals surface area contributed by atoms with Gasteiger partial charge in [-0.1, -0.05) is 26.3 Å². The van der Waals surface area contributed by atoms with E-state index in [9.17, 15) is 24.6 Å². The van der Waals surface area contributed by atoms with E-state index in [1.54, 1.807) is 35.8 Å². The van der Waals surface area contributed by atoms with Gasteiger partial charge in [-0.05, 0) is 48.6 Å². The van der Waals surface area contributed by atoms with Crippen molar-refractivity contribution in [3.05, 3.63) is 52.4 Å². The number of hydrogen-bond acceptors (Lipinski definition) is 7. The molecule has 1 aromatic heterocycles. The summed E-state index contributed by atoms with van der Waals surface area (Å²) >= 11 is 0. The zero-order valence-electron chi connectivity index (χ0n) is 19.5. The molecule has 0 saturated carbocycles. The maximum absolute atomic E-state index is 12.6. The molecule has 1 heterocycles. The largest absolute Gasteiger partial charge is 0.508 e. The monoisotopic (exact) mass is 483 g/mol. The van der Waals surface area contributed by atoms with Crippen molar-refractivity contribution in [2.75, 3.05) is 5.32 Å². The third kappa shape index (κ3) is 6.27. The minimum absolute atomic E-state index is 0.0289. The van der Waals surface area contributed by atoms with Gasteiger partial charge >= 0.3 is 5.69 Å². The van der Waals surface area contributed by atoms with Crippen molar-refractivity contribution in [3.8, 4) is 28.6 Å². The number of phenols is 2. The lowest BCUT2D eigenvalue weighted by Crippen LogP contribution is -2.18. The molecule has 0 radical (unpaired) electrons. The number of benzene rings is 2. The number of unbranched alkanes of at least 4 members (excludes halogenated alkanes) is 2. The summed E-state index contributed by atoms with van der Waals surface area (Å²) in [6.45, 7) is 3.79. The van der Waals surface area contributed by atoms with E-state index in [1.807, 2.05) is 13.8 Å². The molecule has 11 nitrogen and oxygen atoms in total. The number of hydrogen-bond donors (Lipinski definition) is 6. The maximum Gasteiger partial charge on any atom is 0.348 e. The molecule has 35 heavy (non-hydrogen) atoms. The topological polar surface area (TPSA) is 170 Å². The van der Waals surface area contributed by atoms with Crippen LogP contribution in [0.15, 0.2) is 41.2 Å². The molecule has 0 spiro atoms. The Morgan fingerprint density at radius 2 is 1.74 bits per heavy atom. The number of carbonyl (C=O) groups excluding carboxylic acids is 2. The number of hydroxylamine groups is 1. The number of nitrogens with zero attached hydrogens (tertiary/aromatic N) is 2. The Morgan fingerprint density at radius 3 is 2.43 bits per heavy atom. The van der Waals surface area contributed by atoms with E-state index in [-0.39, 0.29) is 47.6 Å². The number of anilines is 1. The van der Waals surface area contributed by atoms with Crippen LogP contribution in [-0.4, -0.2) is 42.0 Å². The molecule has 6 N–H and O–H groups in total.